The van der Waals surface area contributed by atoms with E-state index in [1.54, 1.807) is 12.1 Å². The quantitative estimate of drug-likeness (QED) is 0.797. The number of aldehydes is 1. The van der Waals surface area contributed by atoms with Gasteiger partial charge in [-0.15, -0.1) is 0 Å². The molecule has 0 saturated heterocycles. The fraction of sp³-hybridized carbons (Fsp3) is 0.308. The number of amides is 1. The number of rotatable bonds is 2. The lowest BCUT2D eigenvalue weighted by molar-refractivity contribution is -0.123. The summed E-state index contributed by atoms with van der Waals surface area (Å²) in [5.41, 5.74) is 1.73. The van der Waals surface area contributed by atoms with E-state index in [2.05, 4.69) is 15.3 Å². The maximum atomic E-state index is 12.0. The molecule has 94 valence electrons. The molecule has 0 bridgehead atoms. The van der Waals surface area contributed by atoms with Crippen LogP contribution in [0.1, 0.15) is 31.1 Å². The second-order valence-corrected chi connectivity index (χ2v) is 5.15. The minimum atomic E-state index is -0.529. The standard InChI is InChI=1S/C13H15N3O2/c1-13(2,3)12(18)16-10-8(6-17)4-5-9-11(10)15-7-14-9/h4-7H,1-3H3,(H,14,15)(H,16,18). The monoisotopic (exact) mass is 245 g/mol. The molecule has 5 nitrogen and oxygen atoms in total. The Morgan fingerprint density at radius 3 is 2.72 bits per heavy atom. The van der Waals surface area contributed by atoms with Crippen molar-refractivity contribution >= 4 is 28.9 Å². The van der Waals surface area contributed by atoms with E-state index in [4.69, 9.17) is 0 Å². The molecule has 1 aromatic heterocycles. The number of anilines is 1. The summed E-state index contributed by atoms with van der Waals surface area (Å²) in [4.78, 5) is 30.1. The van der Waals surface area contributed by atoms with Gasteiger partial charge in [-0.25, -0.2) is 4.98 Å². The van der Waals surface area contributed by atoms with Gasteiger partial charge in [0.25, 0.3) is 0 Å². The molecule has 0 spiro atoms. The molecule has 2 N–H and O–H groups in total. The number of benzene rings is 1. The Morgan fingerprint density at radius 1 is 1.39 bits per heavy atom. The van der Waals surface area contributed by atoms with Crippen LogP contribution in [0.5, 0.6) is 0 Å². The van der Waals surface area contributed by atoms with Crippen molar-refractivity contribution in [3.8, 4) is 0 Å². The van der Waals surface area contributed by atoms with Crippen molar-refractivity contribution in [3.63, 3.8) is 0 Å². The van der Waals surface area contributed by atoms with E-state index < -0.39 is 5.41 Å². The first-order chi connectivity index (χ1) is 8.43. The molecule has 0 aliphatic heterocycles. The van der Waals surface area contributed by atoms with Crippen LogP contribution in [-0.4, -0.2) is 22.2 Å². The lowest BCUT2D eigenvalue weighted by atomic mass is 9.95. The summed E-state index contributed by atoms with van der Waals surface area (Å²) in [6, 6.07) is 3.42. The van der Waals surface area contributed by atoms with E-state index in [0.29, 0.717) is 23.1 Å². The van der Waals surface area contributed by atoms with Crippen molar-refractivity contribution in [1.29, 1.82) is 0 Å². The third-order valence-corrected chi connectivity index (χ3v) is 2.67. The molecule has 0 aliphatic rings. The third kappa shape index (κ3) is 2.11. The lowest BCUT2D eigenvalue weighted by Crippen LogP contribution is -2.28. The zero-order valence-electron chi connectivity index (χ0n) is 10.6. The van der Waals surface area contributed by atoms with Crippen molar-refractivity contribution in [3.05, 3.63) is 24.0 Å². The Labute approximate surface area is 105 Å². The van der Waals surface area contributed by atoms with E-state index in [0.717, 1.165) is 5.52 Å². The smallest absolute Gasteiger partial charge is 0.229 e. The second kappa shape index (κ2) is 4.25. The molecule has 1 heterocycles. The summed E-state index contributed by atoms with van der Waals surface area (Å²) < 4.78 is 0. The largest absolute Gasteiger partial charge is 0.345 e. The molecule has 2 aromatic rings. The SMILES string of the molecule is CC(C)(C)C(=O)Nc1c(C=O)ccc2[nH]cnc12. The van der Waals surface area contributed by atoms with Crippen LogP contribution < -0.4 is 5.32 Å². The molecular weight excluding hydrogens is 230 g/mol. The minimum Gasteiger partial charge on any atom is -0.345 e. The molecule has 0 aliphatic carbocycles. The Kier molecular flexibility index (Phi) is 2.90. The molecule has 2 rings (SSSR count). The number of aromatic nitrogens is 2. The van der Waals surface area contributed by atoms with E-state index in [1.807, 2.05) is 20.8 Å². The number of carbonyl (C=O) groups is 2. The van der Waals surface area contributed by atoms with Gasteiger partial charge in [-0.05, 0) is 12.1 Å². The molecule has 0 saturated carbocycles. The van der Waals surface area contributed by atoms with E-state index >= 15 is 0 Å². The summed E-state index contributed by atoms with van der Waals surface area (Å²) in [6.07, 6.45) is 2.25. The Balaban J connectivity index is 2.51. The van der Waals surface area contributed by atoms with Crippen LogP contribution >= 0.6 is 0 Å². The van der Waals surface area contributed by atoms with Crippen molar-refractivity contribution in [2.75, 3.05) is 5.32 Å². The van der Waals surface area contributed by atoms with E-state index in [-0.39, 0.29) is 5.91 Å². The maximum absolute atomic E-state index is 12.0. The van der Waals surface area contributed by atoms with Crippen LogP contribution in [-0.2, 0) is 4.79 Å². The first-order valence-corrected chi connectivity index (χ1v) is 5.66. The number of hydrogen-bond donors (Lipinski definition) is 2. The zero-order chi connectivity index (χ0) is 13.3. The number of carbonyl (C=O) groups excluding carboxylic acids is 2. The molecule has 5 heteroatoms. The van der Waals surface area contributed by atoms with Crippen LogP contribution in [0.2, 0.25) is 0 Å². The average Bonchev–Trinajstić information content (AvgIpc) is 2.76. The van der Waals surface area contributed by atoms with Crippen LogP contribution in [0.25, 0.3) is 11.0 Å². The summed E-state index contributed by atoms with van der Waals surface area (Å²) in [6.45, 7) is 5.44. The topological polar surface area (TPSA) is 74.8 Å². The molecule has 0 unspecified atom stereocenters. The van der Waals surface area contributed by atoms with Gasteiger partial charge >= 0.3 is 0 Å². The number of fused-ring (bicyclic) bond motifs is 1. The zero-order valence-corrected chi connectivity index (χ0v) is 10.6. The highest BCUT2D eigenvalue weighted by Gasteiger charge is 2.23. The summed E-state index contributed by atoms with van der Waals surface area (Å²) in [7, 11) is 0. The minimum absolute atomic E-state index is 0.152. The lowest BCUT2D eigenvalue weighted by Gasteiger charge is -2.18. The molecule has 0 radical (unpaired) electrons. The van der Waals surface area contributed by atoms with Crippen molar-refractivity contribution in [2.24, 2.45) is 5.41 Å². The normalized spacial score (nSPS) is 11.5. The molecule has 1 amide bonds. The van der Waals surface area contributed by atoms with E-state index in [1.165, 1.54) is 6.33 Å². The number of aromatic amines is 1. The van der Waals surface area contributed by atoms with Crippen LogP contribution in [0.15, 0.2) is 18.5 Å². The number of nitrogens with one attached hydrogen (secondary N) is 2. The molecule has 0 atom stereocenters. The summed E-state index contributed by atoms with van der Waals surface area (Å²) >= 11 is 0. The number of H-pyrrole nitrogens is 1. The molecule has 18 heavy (non-hydrogen) atoms. The van der Waals surface area contributed by atoms with Crippen LogP contribution in [0.3, 0.4) is 0 Å². The van der Waals surface area contributed by atoms with Gasteiger partial charge in [-0.2, -0.15) is 0 Å². The highest BCUT2D eigenvalue weighted by molar-refractivity contribution is 6.07. The van der Waals surface area contributed by atoms with Gasteiger partial charge in [-0.3, -0.25) is 9.59 Å². The van der Waals surface area contributed by atoms with Crippen molar-refractivity contribution in [2.45, 2.75) is 20.8 Å². The number of hydrogen-bond acceptors (Lipinski definition) is 3. The summed E-state index contributed by atoms with van der Waals surface area (Å²) in [5, 5.41) is 2.78. The van der Waals surface area contributed by atoms with Gasteiger partial charge < -0.3 is 10.3 Å². The number of imidazole rings is 1. The first kappa shape index (κ1) is 12.3. The third-order valence-electron chi connectivity index (χ3n) is 2.67. The van der Waals surface area contributed by atoms with Crippen LogP contribution in [0, 0.1) is 5.41 Å². The highest BCUT2D eigenvalue weighted by Crippen LogP contribution is 2.26. The fourth-order valence-corrected chi connectivity index (χ4v) is 1.55. The van der Waals surface area contributed by atoms with Gasteiger partial charge in [0.05, 0.1) is 17.5 Å². The fourth-order valence-electron chi connectivity index (χ4n) is 1.55. The van der Waals surface area contributed by atoms with Crippen LogP contribution in [0.4, 0.5) is 5.69 Å². The highest BCUT2D eigenvalue weighted by atomic mass is 16.2. The molecule has 0 fully saturated rings. The second-order valence-electron chi connectivity index (χ2n) is 5.15. The maximum Gasteiger partial charge on any atom is 0.229 e. The van der Waals surface area contributed by atoms with Gasteiger partial charge in [0.1, 0.15) is 5.52 Å². The van der Waals surface area contributed by atoms with Gasteiger partial charge in [0, 0.05) is 11.0 Å². The Bertz CT molecular complexity index is 608. The average molecular weight is 245 g/mol. The van der Waals surface area contributed by atoms with Gasteiger partial charge in [0.15, 0.2) is 6.29 Å². The van der Waals surface area contributed by atoms with Crippen molar-refractivity contribution in [1.82, 2.24) is 9.97 Å². The van der Waals surface area contributed by atoms with Gasteiger partial charge in [-0.1, -0.05) is 20.8 Å². The van der Waals surface area contributed by atoms with Gasteiger partial charge in [0.2, 0.25) is 5.91 Å². The predicted molar refractivity (Wildman–Crippen MR) is 69.6 cm³/mol. The van der Waals surface area contributed by atoms with E-state index in [9.17, 15) is 9.59 Å². The Morgan fingerprint density at radius 2 is 2.11 bits per heavy atom. The number of nitrogens with zero attached hydrogens (tertiary/aromatic N) is 1. The molecule has 1 aromatic carbocycles. The summed E-state index contributed by atoms with van der Waals surface area (Å²) in [5.74, 6) is -0.152. The van der Waals surface area contributed by atoms with Crippen molar-refractivity contribution < 1.29 is 9.59 Å². The predicted octanol–water partition coefficient (Wildman–Crippen LogP) is 2.36. The molecular formula is C13H15N3O2. The first-order valence-electron chi connectivity index (χ1n) is 5.66. The Hall–Kier alpha value is -2.17.